The number of nitrogens with one attached hydrogen (secondary N) is 1. The van der Waals surface area contributed by atoms with Crippen molar-refractivity contribution in [2.75, 3.05) is 23.3 Å². The van der Waals surface area contributed by atoms with Gasteiger partial charge in [-0.2, -0.15) is 0 Å². The topological polar surface area (TPSA) is 87.3 Å². The number of hydrogen-bond donors (Lipinski definition) is 2. The summed E-state index contributed by atoms with van der Waals surface area (Å²) in [7, 11) is -1.13. The lowest BCUT2D eigenvalue weighted by atomic mass is 9.75. The van der Waals surface area contributed by atoms with Gasteiger partial charge in [-0.3, -0.25) is 4.79 Å². The third kappa shape index (κ3) is 5.18. The highest BCUT2D eigenvalue weighted by atomic mass is 19.1. The standard InChI is InChI=1S/C33H35BFN3O4/c1-19-14-26(31-27(15-19)30(39)20(2)32(41-31)38-12-10-33(4,5)11-13-38)21(3)37-29-17-24(35)7-8-25(29)22-6-9-28-23(16-22)18-36-42-34(28)40/h6-9,14-18,21,37,40H,10-13H2,1-5H3/t21-/m1/s1. The number of anilines is 2. The second-order valence-electron chi connectivity index (χ2n) is 12.3. The average molecular weight is 567 g/mol. The van der Waals surface area contributed by atoms with Crippen LogP contribution in [-0.4, -0.2) is 31.4 Å². The van der Waals surface area contributed by atoms with Crippen LogP contribution in [0, 0.1) is 25.1 Å². The summed E-state index contributed by atoms with van der Waals surface area (Å²) in [5, 5.41) is 17.9. The highest BCUT2D eigenvalue weighted by Crippen LogP contribution is 2.37. The Hall–Kier alpha value is -4.11. The van der Waals surface area contributed by atoms with Gasteiger partial charge in [-0.15, -0.1) is 5.16 Å². The molecule has 2 aliphatic rings. The van der Waals surface area contributed by atoms with E-state index in [2.05, 4.69) is 29.2 Å². The maximum absolute atomic E-state index is 14.6. The molecule has 0 spiro atoms. The first-order valence-corrected chi connectivity index (χ1v) is 14.4. The van der Waals surface area contributed by atoms with Gasteiger partial charge in [-0.1, -0.05) is 32.0 Å². The molecule has 0 aliphatic carbocycles. The predicted molar refractivity (Wildman–Crippen MR) is 167 cm³/mol. The van der Waals surface area contributed by atoms with Crippen molar-refractivity contribution in [3.63, 3.8) is 0 Å². The molecule has 1 fully saturated rings. The zero-order valence-electron chi connectivity index (χ0n) is 24.6. The Morgan fingerprint density at radius 2 is 1.86 bits per heavy atom. The molecule has 0 bridgehead atoms. The van der Waals surface area contributed by atoms with Crippen LogP contribution >= 0.6 is 0 Å². The fraction of sp³-hybridized carbons (Fsp3) is 0.333. The number of oxime groups is 1. The number of fused-ring (bicyclic) bond motifs is 2. The number of benzene rings is 3. The van der Waals surface area contributed by atoms with Crippen LogP contribution in [0.3, 0.4) is 0 Å². The second-order valence-corrected chi connectivity index (χ2v) is 12.3. The third-order valence-corrected chi connectivity index (χ3v) is 8.61. The summed E-state index contributed by atoms with van der Waals surface area (Å²) in [4.78, 5) is 15.8. The summed E-state index contributed by atoms with van der Waals surface area (Å²) in [6.45, 7) is 12.0. The number of hydrogen-bond acceptors (Lipinski definition) is 7. The molecule has 3 aromatic carbocycles. The summed E-state index contributed by atoms with van der Waals surface area (Å²) in [6, 6.07) is 13.8. The van der Waals surface area contributed by atoms with E-state index in [0.29, 0.717) is 33.6 Å². The largest absolute Gasteiger partial charge is 0.583 e. The predicted octanol–water partition coefficient (Wildman–Crippen LogP) is 6.07. The van der Waals surface area contributed by atoms with E-state index in [-0.39, 0.29) is 22.7 Å². The lowest BCUT2D eigenvalue weighted by Crippen LogP contribution is -2.38. The SMILES string of the molecule is Cc1cc([C@@H](C)Nc2cc(F)ccc2-c2ccc3c(c2)C=NOB3O)c2oc(N3CCC(C)(C)CC3)c(C)c(=O)c2c1. The Balaban J connectivity index is 1.40. The van der Waals surface area contributed by atoms with E-state index >= 15 is 0 Å². The lowest BCUT2D eigenvalue weighted by Gasteiger charge is -2.37. The van der Waals surface area contributed by atoms with Crippen molar-refractivity contribution in [2.24, 2.45) is 10.6 Å². The Labute approximate surface area is 245 Å². The van der Waals surface area contributed by atoms with Crippen LogP contribution < -0.4 is 21.1 Å². The van der Waals surface area contributed by atoms with Crippen LogP contribution in [0.1, 0.15) is 61.9 Å². The molecule has 0 unspecified atom stereocenters. The van der Waals surface area contributed by atoms with Crippen LogP contribution in [0.2, 0.25) is 0 Å². The fourth-order valence-electron chi connectivity index (χ4n) is 5.97. The normalized spacial score (nSPS) is 16.7. The maximum atomic E-state index is 14.6. The van der Waals surface area contributed by atoms with Gasteiger partial charge >= 0.3 is 7.12 Å². The number of aryl methyl sites for hydroxylation is 1. The van der Waals surface area contributed by atoms with Gasteiger partial charge in [0.25, 0.3) is 0 Å². The third-order valence-electron chi connectivity index (χ3n) is 8.61. The second kappa shape index (κ2) is 10.6. The van der Waals surface area contributed by atoms with E-state index in [0.717, 1.165) is 53.7 Å². The van der Waals surface area contributed by atoms with Crippen molar-refractivity contribution in [2.45, 2.75) is 53.5 Å². The summed E-state index contributed by atoms with van der Waals surface area (Å²) < 4.78 is 26.1. The molecule has 3 heterocycles. The Bertz CT molecular complexity index is 1770. The molecule has 2 N–H and O–H groups in total. The van der Waals surface area contributed by atoms with Crippen LogP contribution in [0.25, 0.3) is 22.1 Å². The average Bonchev–Trinajstić information content (AvgIpc) is 2.95. The molecule has 0 amide bonds. The Morgan fingerprint density at radius 1 is 1.10 bits per heavy atom. The van der Waals surface area contributed by atoms with Gasteiger partial charge < -0.3 is 24.4 Å². The van der Waals surface area contributed by atoms with E-state index in [1.807, 2.05) is 45.0 Å². The fourth-order valence-corrected chi connectivity index (χ4v) is 5.97. The lowest BCUT2D eigenvalue weighted by molar-refractivity contribution is 0.274. The van der Waals surface area contributed by atoms with Crippen molar-refractivity contribution < 1.29 is 18.6 Å². The number of rotatable bonds is 5. The zero-order chi connectivity index (χ0) is 29.8. The molecule has 0 saturated carbocycles. The van der Waals surface area contributed by atoms with Crippen molar-refractivity contribution in [3.05, 3.63) is 86.8 Å². The monoisotopic (exact) mass is 567 g/mol. The van der Waals surface area contributed by atoms with Crippen LogP contribution in [0.4, 0.5) is 16.0 Å². The number of piperidine rings is 1. The molecule has 9 heteroatoms. The van der Waals surface area contributed by atoms with E-state index in [1.54, 1.807) is 18.3 Å². The summed E-state index contributed by atoms with van der Waals surface area (Å²) >= 11 is 0. The number of nitrogens with zero attached hydrogens (tertiary/aromatic N) is 2. The molecular weight excluding hydrogens is 532 g/mol. The van der Waals surface area contributed by atoms with Gasteiger partial charge in [0.05, 0.1) is 23.2 Å². The Morgan fingerprint density at radius 3 is 2.62 bits per heavy atom. The van der Waals surface area contributed by atoms with Gasteiger partial charge in [0.15, 0.2) is 5.43 Å². The molecule has 2 aliphatic heterocycles. The van der Waals surface area contributed by atoms with Crippen LogP contribution in [-0.2, 0) is 4.76 Å². The zero-order valence-corrected chi connectivity index (χ0v) is 24.6. The van der Waals surface area contributed by atoms with E-state index in [1.165, 1.54) is 12.1 Å². The van der Waals surface area contributed by atoms with Crippen molar-refractivity contribution >= 4 is 41.3 Å². The quantitative estimate of drug-likeness (QED) is 0.285. The first kappa shape index (κ1) is 28.0. The highest BCUT2D eigenvalue weighted by Gasteiger charge is 2.29. The first-order chi connectivity index (χ1) is 20.0. The van der Waals surface area contributed by atoms with Crippen molar-refractivity contribution in [1.29, 1.82) is 0 Å². The minimum atomic E-state index is -1.13. The highest BCUT2D eigenvalue weighted by molar-refractivity contribution is 6.62. The molecule has 1 saturated heterocycles. The molecule has 1 atom stereocenters. The molecule has 4 aromatic rings. The summed E-state index contributed by atoms with van der Waals surface area (Å²) in [6.07, 6.45) is 3.60. The molecule has 7 nitrogen and oxygen atoms in total. The molecular formula is C33H35BFN3O4. The molecule has 6 rings (SSSR count). The number of halogens is 1. The van der Waals surface area contributed by atoms with E-state index < -0.39 is 7.12 Å². The maximum Gasteiger partial charge on any atom is 0.583 e. The minimum Gasteiger partial charge on any atom is -0.440 e. The van der Waals surface area contributed by atoms with Gasteiger partial charge in [0.2, 0.25) is 5.88 Å². The van der Waals surface area contributed by atoms with Gasteiger partial charge in [-0.25, -0.2) is 4.39 Å². The van der Waals surface area contributed by atoms with Gasteiger partial charge in [0.1, 0.15) is 11.4 Å². The molecule has 216 valence electrons. The first-order valence-electron chi connectivity index (χ1n) is 14.4. The summed E-state index contributed by atoms with van der Waals surface area (Å²) in [5.41, 5.74) is 6.73. The van der Waals surface area contributed by atoms with Gasteiger partial charge in [0, 0.05) is 35.4 Å². The van der Waals surface area contributed by atoms with E-state index in [9.17, 15) is 14.2 Å². The molecule has 0 radical (unpaired) electrons. The Kier molecular flexibility index (Phi) is 7.09. The van der Waals surface area contributed by atoms with Gasteiger partial charge in [-0.05, 0) is 86.1 Å². The molecule has 42 heavy (non-hydrogen) atoms. The smallest absolute Gasteiger partial charge is 0.440 e. The molecule has 1 aromatic heterocycles. The summed E-state index contributed by atoms with van der Waals surface area (Å²) in [5.74, 6) is 0.261. The van der Waals surface area contributed by atoms with Crippen LogP contribution in [0.5, 0.6) is 0 Å². The van der Waals surface area contributed by atoms with Crippen molar-refractivity contribution in [3.8, 4) is 11.1 Å². The van der Waals surface area contributed by atoms with E-state index in [4.69, 9.17) is 9.17 Å². The van der Waals surface area contributed by atoms with Crippen LogP contribution in [0.15, 0.2) is 62.9 Å². The van der Waals surface area contributed by atoms with Crippen molar-refractivity contribution in [1.82, 2.24) is 0 Å². The minimum absolute atomic E-state index is 0.0263.